The highest BCUT2D eigenvalue weighted by Gasteiger charge is 2.16. The summed E-state index contributed by atoms with van der Waals surface area (Å²) in [6.07, 6.45) is 5.85. The van der Waals surface area contributed by atoms with Crippen LogP contribution in [-0.2, 0) is 9.47 Å². The Balaban J connectivity index is 0.000000189. The molecule has 11 heteroatoms. The number of carbonyl (C=O) groups excluding carboxylic acids is 2. The predicted molar refractivity (Wildman–Crippen MR) is 200 cm³/mol. The van der Waals surface area contributed by atoms with E-state index in [-0.39, 0.29) is 0 Å². The van der Waals surface area contributed by atoms with Gasteiger partial charge >= 0.3 is 11.9 Å². The smallest absolute Gasteiger partial charge is 0.341 e. The summed E-state index contributed by atoms with van der Waals surface area (Å²) < 4.78 is 11.1. The van der Waals surface area contributed by atoms with E-state index in [1.807, 2.05) is 114 Å². The number of halogens is 1. The van der Waals surface area contributed by atoms with Crippen LogP contribution in [0.15, 0.2) is 146 Å². The highest BCUT2D eigenvalue weighted by molar-refractivity contribution is 14.1. The minimum Gasteiger partial charge on any atom is -0.462 e. The van der Waals surface area contributed by atoms with Crippen LogP contribution in [-0.4, -0.2) is 45.1 Å². The van der Waals surface area contributed by atoms with Gasteiger partial charge in [0.1, 0.15) is 0 Å². The van der Waals surface area contributed by atoms with Crippen LogP contribution in [0.1, 0.15) is 34.6 Å². The van der Waals surface area contributed by atoms with Crippen molar-refractivity contribution in [2.75, 3.05) is 23.4 Å². The highest BCUT2D eigenvalue weighted by atomic mass is 127. The number of para-hydroxylation sites is 3. The van der Waals surface area contributed by atoms with Gasteiger partial charge in [0.15, 0.2) is 0 Å². The number of benzene rings is 4. The largest absolute Gasteiger partial charge is 0.462 e. The molecule has 1 N–H and O–H groups in total. The molecular formula is C38H35IN6O4. The molecule has 0 saturated heterocycles. The normalized spacial score (nSPS) is 9.86. The Morgan fingerprint density at radius 2 is 0.980 bits per heavy atom. The molecule has 0 unspecified atom stereocenters. The first-order valence-electron chi connectivity index (χ1n) is 15.4. The van der Waals surface area contributed by atoms with Gasteiger partial charge < -0.3 is 14.8 Å². The Bertz CT molecular complexity index is 1790. The third-order valence-corrected chi connectivity index (χ3v) is 7.02. The summed E-state index contributed by atoms with van der Waals surface area (Å²) in [5.74, 6) is 0.0912. The lowest BCUT2D eigenvalue weighted by molar-refractivity contribution is 0.0515. The van der Waals surface area contributed by atoms with Crippen molar-refractivity contribution in [3.8, 4) is 0 Å². The number of nitrogens with one attached hydrogen (secondary N) is 1. The third kappa shape index (κ3) is 11.8. The predicted octanol–water partition coefficient (Wildman–Crippen LogP) is 8.81. The van der Waals surface area contributed by atoms with Gasteiger partial charge in [0.2, 0.25) is 11.9 Å². The Morgan fingerprint density at radius 3 is 1.37 bits per heavy atom. The lowest BCUT2D eigenvalue weighted by Crippen LogP contribution is -2.14. The molecule has 0 aliphatic rings. The number of anilines is 5. The quantitative estimate of drug-likeness (QED) is 0.113. The summed E-state index contributed by atoms with van der Waals surface area (Å²) in [4.78, 5) is 41.9. The van der Waals surface area contributed by atoms with Crippen LogP contribution in [0.4, 0.5) is 29.0 Å². The van der Waals surface area contributed by atoms with E-state index in [0.717, 1.165) is 17.1 Å². The molecule has 6 aromatic rings. The van der Waals surface area contributed by atoms with E-state index in [4.69, 9.17) is 9.47 Å². The van der Waals surface area contributed by atoms with E-state index in [0.29, 0.717) is 36.2 Å². The van der Waals surface area contributed by atoms with Gasteiger partial charge in [-0.25, -0.2) is 29.5 Å². The zero-order valence-electron chi connectivity index (χ0n) is 27.0. The van der Waals surface area contributed by atoms with Crippen molar-refractivity contribution >= 4 is 63.5 Å². The number of esters is 2. The summed E-state index contributed by atoms with van der Waals surface area (Å²) in [6, 6.07) is 39.4. The fourth-order valence-corrected chi connectivity index (χ4v) is 4.48. The molecule has 49 heavy (non-hydrogen) atoms. The molecule has 0 aliphatic carbocycles. The maximum atomic E-state index is 11.7. The van der Waals surface area contributed by atoms with E-state index >= 15 is 0 Å². The zero-order chi connectivity index (χ0) is 34.7. The monoisotopic (exact) mass is 766 g/mol. The average Bonchev–Trinajstić information content (AvgIpc) is 3.15. The van der Waals surface area contributed by atoms with Gasteiger partial charge in [-0.05, 0) is 85.0 Å². The van der Waals surface area contributed by atoms with Crippen molar-refractivity contribution in [3.63, 3.8) is 0 Å². The molecule has 10 nitrogen and oxygen atoms in total. The van der Waals surface area contributed by atoms with Gasteiger partial charge in [-0.3, -0.25) is 4.90 Å². The van der Waals surface area contributed by atoms with Crippen molar-refractivity contribution in [1.82, 2.24) is 19.9 Å². The van der Waals surface area contributed by atoms with Gasteiger partial charge in [-0.15, -0.1) is 0 Å². The van der Waals surface area contributed by atoms with Crippen molar-refractivity contribution in [3.05, 3.63) is 161 Å². The van der Waals surface area contributed by atoms with E-state index in [1.165, 1.54) is 28.4 Å². The summed E-state index contributed by atoms with van der Waals surface area (Å²) >= 11 is 2.28. The second-order valence-electron chi connectivity index (χ2n) is 9.80. The number of aromatic nitrogens is 4. The minimum absolute atomic E-state index is 0.320. The zero-order valence-corrected chi connectivity index (χ0v) is 29.2. The van der Waals surface area contributed by atoms with Crippen LogP contribution in [0.25, 0.3) is 0 Å². The number of hydrogen-bond acceptors (Lipinski definition) is 10. The van der Waals surface area contributed by atoms with Crippen LogP contribution >= 0.6 is 22.6 Å². The van der Waals surface area contributed by atoms with E-state index in [9.17, 15) is 9.59 Å². The lowest BCUT2D eigenvalue weighted by atomic mass is 10.2. The SMILES string of the molecule is CCOC(=O)c1cnc(N(c2ccccc2)c2ccccc2)nc1.CCOC(=O)c1cnc(Nc2ccccc2)nc1.Ic1ccccc1. The maximum absolute atomic E-state index is 11.7. The Kier molecular flexibility index (Phi) is 14.6. The molecule has 248 valence electrons. The fourth-order valence-electron chi connectivity index (χ4n) is 4.07. The first-order valence-corrected chi connectivity index (χ1v) is 16.5. The Morgan fingerprint density at radius 1 is 0.592 bits per heavy atom. The molecular weight excluding hydrogens is 731 g/mol. The van der Waals surface area contributed by atoms with Crippen LogP contribution in [0.5, 0.6) is 0 Å². The van der Waals surface area contributed by atoms with E-state index in [2.05, 4.69) is 60.0 Å². The van der Waals surface area contributed by atoms with Gasteiger partial charge in [0.25, 0.3) is 0 Å². The summed E-state index contributed by atoms with van der Waals surface area (Å²) in [7, 11) is 0. The molecule has 0 radical (unpaired) electrons. The van der Waals surface area contributed by atoms with Crippen LogP contribution < -0.4 is 10.2 Å². The number of hydrogen-bond donors (Lipinski definition) is 1. The molecule has 0 fully saturated rings. The van der Waals surface area contributed by atoms with Crippen molar-refractivity contribution in [1.29, 1.82) is 0 Å². The molecule has 6 rings (SSSR count). The van der Waals surface area contributed by atoms with Crippen LogP contribution in [0, 0.1) is 3.57 Å². The first-order chi connectivity index (χ1) is 24.0. The highest BCUT2D eigenvalue weighted by Crippen LogP contribution is 2.31. The summed E-state index contributed by atoms with van der Waals surface area (Å²) in [5, 5.41) is 3.03. The summed E-state index contributed by atoms with van der Waals surface area (Å²) in [5.41, 5.74) is 3.44. The van der Waals surface area contributed by atoms with Gasteiger partial charge in [-0.1, -0.05) is 72.8 Å². The lowest BCUT2D eigenvalue weighted by Gasteiger charge is -2.22. The fraction of sp³-hybridized carbons (Fsp3) is 0.105. The number of carbonyl (C=O) groups is 2. The second-order valence-corrected chi connectivity index (χ2v) is 11.0. The molecule has 4 aromatic carbocycles. The first kappa shape index (κ1) is 36.2. The molecule has 0 spiro atoms. The van der Waals surface area contributed by atoms with Crippen molar-refractivity contribution in [2.45, 2.75) is 13.8 Å². The maximum Gasteiger partial charge on any atom is 0.341 e. The standard InChI is InChI=1S/C19H17N3O2.C13H13N3O2.C6H5I/c1-2-24-18(23)15-13-20-19(21-14-15)22(16-9-5-3-6-10-16)17-11-7-4-8-12-17;1-2-18-12(17)10-8-14-13(15-9-10)16-11-6-4-3-5-7-11;7-6-4-2-1-3-5-6/h3-14H,2H2,1H3;3-9H,2H2,1H3,(H,14,15,16);1-5H. The molecule has 2 aromatic heterocycles. The Labute approximate surface area is 299 Å². The van der Waals surface area contributed by atoms with Gasteiger partial charge in [0, 0.05) is 45.4 Å². The Hall–Kier alpha value is -5.69. The average molecular weight is 767 g/mol. The molecule has 2 heterocycles. The van der Waals surface area contributed by atoms with Crippen LogP contribution in [0.2, 0.25) is 0 Å². The molecule has 0 saturated carbocycles. The topological polar surface area (TPSA) is 119 Å². The minimum atomic E-state index is -0.421. The summed E-state index contributed by atoms with van der Waals surface area (Å²) in [6.45, 7) is 4.17. The van der Waals surface area contributed by atoms with E-state index in [1.54, 1.807) is 13.8 Å². The molecule has 0 aliphatic heterocycles. The van der Waals surface area contributed by atoms with Crippen molar-refractivity contribution < 1.29 is 19.1 Å². The number of nitrogens with zero attached hydrogens (tertiary/aromatic N) is 5. The second kappa shape index (κ2) is 19.9. The van der Waals surface area contributed by atoms with Crippen molar-refractivity contribution in [2.24, 2.45) is 0 Å². The third-order valence-electron chi connectivity index (χ3n) is 6.30. The molecule has 0 atom stereocenters. The van der Waals surface area contributed by atoms with E-state index < -0.39 is 11.9 Å². The number of ether oxygens (including phenoxy) is 2. The van der Waals surface area contributed by atoms with Gasteiger partial charge in [-0.2, -0.15) is 0 Å². The van der Waals surface area contributed by atoms with Gasteiger partial charge in [0.05, 0.1) is 24.3 Å². The van der Waals surface area contributed by atoms with Crippen LogP contribution in [0.3, 0.4) is 0 Å². The molecule has 0 amide bonds. The number of rotatable bonds is 9. The molecule has 0 bridgehead atoms.